The van der Waals surface area contributed by atoms with Gasteiger partial charge in [-0.3, -0.25) is 14.4 Å². The third kappa shape index (κ3) is 5.74. The van der Waals surface area contributed by atoms with Gasteiger partial charge in [-0.25, -0.2) is 14.1 Å². The van der Waals surface area contributed by atoms with Crippen LogP contribution in [0, 0.1) is 5.82 Å². The van der Waals surface area contributed by atoms with Crippen molar-refractivity contribution < 1.29 is 37.8 Å². The van der Waals surface area contributed by atoms with Crippen molar-refractivity contribution in [3.8, 4) is 11.5 Å². The minimum atomic E-state index is -1.12. The van der Waals surface area contributed by atoms with Gasteiger partial charge in [0.15, 0.2) is 11.5 Å². The lowest BCUT2D eigenvalue weighted by Gasteiger charge is -2.28. The molecule has 0 radical (unpaired) electrons. The van der Waals surface area contributed by atoms with Gasteiger partial charge in [0.05, 0.1) is 38.5 Å². The second-order valence-electron chi connectivity index (χ2n) is 8.68. The summed E-state index contributed by atoms with van der Waals surface area (Å²) in [6, 6.07) is 14.9. The number of ether oxygens (including phenoxy) is 3. The molecule has 202 valence electrons. The van der Waals surface area contributed by atoms with Gasteiger partial charge in [-0.1, -0.05) is 12.1 Å². The van der Waals surface area contributed by atoms with E-state index in [0.29, 0.717) is 17.1 Å². The van der Waals surface area contributed by atoms with Gasteiger partial charge in [0.1, 0.15) is 11.9 Å². The normalized spacial score (nSPS) is 14.8. The molecular formula is C29H27FN2O7. The molecule has 0 aliphatic carbocycles. The van der Waals surface area contributed by atoms with E-state index < -0.39 is 35.5 Å². The zero-order chi connectivity index (χ0) is 28.1. The highest BCUT2D eigenvalue weighted by molar-refractivity contribution is 6.23. The van der Waals surface area contributed by atoms with Gasteiger partial charge in [-0.05, 0) is 67.1 Å². The Bertz CT molecular complexity index is 1390. The molecular weight excluding hydrogens is 507 g/mol. The number of rotatable bonds is 9. The summed E-state index contributed by atoms with van der Waals surface area (Å²) in [7, 11) is 2.91. The maximum Gasteiger partial charge on any atom is 0.338 e. The molecule has 3 aromatic carbocycles. The Morgan fingerprint density at radius 2 is 1.56 bits per heavy atom. The standard InChI is InChI=1S/C29H27FN2O7/c1-4-39-29(36)19-7-12-22(13-8-19)32-26(33)16-23(28(32)35)31(17-18-5-10-21(30)11-6-18)27(34)20-9-14-24(37-2)25(15-20)38-3/h5-15,23H,4,16-17H2,1-3H3. The fraction of sp³-hybridized carbons (Fsp3) is 0.241. The van der Waals surface area contributed by atoms with Crippen LogP contribution in [0.25, 0.3) is 0 Å². The number of nitrogens with zero attached hydrogens (tertiary/aromatic N) is 2. The molecule has 9 nitrogen and oxygen atoms in total. The van der Waals surface area contributed by atoms with Crippen molar-refractivity contribution in [2.75, 3.05) is 25.7 Å². The summed E-state index contributed by atoms with van der Waals surface area (Å²) in [6.07, 6.45) is -0.251. The van der Waals surface area contributed by atoms with Crippen LogP contribution in [0.4, 0.5) is 10.1 Å². The maximum absolute atomic E-state index is 13.8. The van der Waals surface area contributed by atoms with E-state index in [1.54, 1.807) is 13.0 Å². The van der Waals surface area contributed by atoms with Gasteiger partial charge in [0, 0.05) is 12.1 Å². The van der Waals surface area contributed by atoms with Crippen LogP contribution in [-0.4, -0.2) is 55.5 Å². The lowest BCUT2D eigenvalue weighted by Crippen LogP contribution is -2.45. The van der Waals surface area contributed by atoms with E-state index in [9.17, 15) is 23.6 Å². The van der Waals surface area contributed by atoms with Crippen LogP contribution in [0.1, 0.15) is 39.6 Å². The summed E-state index contributed by atoms with van der Waals surface area (Å²) in [5.41, 5.74) is 1.33. The van der Waals surface area contributed by atoms with Crippen molar-refractivity contribution >= 4 is 29.4 Å². The highest BCUT2D eigenvalue weighted by Gasteiger charge is 2.44. The minimum Gasteiger partial charge on any atom is -0.493 e. The molecule has 0 aromatic heterocycles. The number of halogens is 1. The summed E-state index contributed by atoms with van der Waals surface area (Å²) in [5.74, 6) is -1.84. The second kappa shape index (κ2) is 11.8. The van der Waals surface area contributed by atoms with Crippen LogP contribution in [0.3, 0.4) is 0 Å². The average molecular weight is 535 g/mol. The maximum atomic E-state index is 13.8. The monoisotopic (exact) mass is 534 g/mol. The molecule has 1 fully saturated rings. The third-order valence-electron chi connectivity index (χ3n) is 6.29. The smallest absolute Gasteiger partial charge is 0.338 e. The van der Waals surface area contributed by atoms with E-state index in [4.69, 9.17) is 14.2 Å². The molecule has 39 heavy (non-hydrogen) atoms. The average Bonchev–Trinajstić information content (AvgIpc) is 3.25. The van der Waals surface area contributed by atoms with Crippen LogP contribution in [-0.2, 0) is 20.9 Å². The van der Waals surface area contributed by atoms with E-state index in [2.05, 4.69) is 0 Å². The molecule has 0 saturated carbocycles. The Hall–Kier alpha value is -4.73. The highest BCUT2D eigenvalue weighted by Crippen LogP contribution is 2.31. The fourth-order valence-electron chi connectivity index (χ4n) is 4.34. The number of anilines is 1. The van der Waals surface area contributed by atoms with Crippen LogP contribution in [0.15, 0.2) is 66.7 Å². The van der Waals surface area contributed by atoms with Gasteiger partial charge >= 0.3 is 5.97 Å². The van der Waals surface area contributed by atoms with Gasteiger partial charge in [0.2, 0.25) is 5.91 Å². The van der Waals surface area contributed by atoms with Gasteiger partial charge in [-0.2, -0.15) is 0 Å². The number of methoxy groups -OCH3 is 2. The van der Waals surface area contributed by atoms with Crippen molar-refractivity contribution in [2.45, 2.75) is 25.9 Å². The van der Waals surface area contributed by atoms with Crippen molar-refractivity contribution in [3.63, 3.8) is 0 Å². The predicted octanol–water partition coefficient (Wildman–Crippen LogP) is 3.99. The first-order valence-electron chi connectivity index (χ1n) is 12.2. The van der Waals surface area contributed by atoms with E-state index in [0.717, 1.165) is 4.90 Å². The quantitative estimate of drug-likeness (QED) is 0.302. The number of esters is 1. The van der Waals surface area contributed by atoms with Crippen molar-refractivity contribution in [1.82, 2.24) is 4.90 Å². The van der Waals surface area contributed by atoms with E-state index in [1.807, 2.05) is 0 Å². The van der Waals surface area contributed by atoms with E-state index in [-0.39, 0.29) is 36.4 Å². The Morgan fingerprint density at radius 1 is 0.923 bits per heavy atom. The molecule has 1 unspecified atom stereocenters. The van der Waals surface area contributed by atoms with Crippen LogP contribution in [0.5, 0.6) is 11.5 Å². The number of hydrogen-bond donors (Lipinski definition) is 0. The number of amides is 3. The number of carbonyl (C=O) groups is 4. The lowest BCUT2D eigenvalue weighted by atomic mass is 10.1. The molecule has 1 saturated heterocycles. The number of imide groups is 1. The zero-order valence-corrected chi connectivity index (χ0v) is 21.7. The molecule has 1 heterocycles. The van der Waals surface area contributed by atoms with Crippen LogP contribution < -0.4 is 14.4 Å². The Morgan fingerprint density at radius 3 is 2.18 bits per heavy atom. The lowest BCUT2D eigenvalue weighted by molar-refractivity contribution is -0.122. The minimum absolute atomic E-state index is 0.0488. The number of carbonyl (C=O) groups excluding carboxylic acids is 4. The fourth-order valence-corrected chi connectivity index (χ4v) is 4.34. The molecule has 3 aromatic rings. The Kier molecular flexibility index (Phi) is 8.24. The third-order valence-corrected chi connectivity index (χ3v) is 6.29. The number of benzene rings is 3. The Labute approximate surface area is 224 Å². The van der Waals surface area contributed by atoms with E-state index >= 15 is 0 Å². The topological polar surface area (TPSA) is 102 Å². The highest BCUT2D eigenvalue weighted by atomic mass is 19.1. The predicted molar refractivity (Wildman–Crippen MR) is 139 cm³/mol. The molecule has 0 spiro atoms. The summed E-state index contributed by atoms with van der Waals surface area (Å²) in [5, 5.41) is 0. The molecule has 4 rings (SSSR count). The van der Waals surface area contributed by atoms with Crippen molar-refractivity contribution in [2.24, 2.45) is 0 Å². The van der Waals surface area contributed by atoms with Crippen molar-refractivity contribution in [1.29, 1.82) is 0 Å². The van der Waals surface area contributed by atoms with Gasteiger partial charge in [-0.15, -0.1) is 0 Å². The first-order valence-corrected chi connectivity index (χ1v) is 12.2. The molecule has 1 aliphatic heterocycles. The van der Waals surface area contributed by atoms with Crippen molar-refractivity contribution in [3.05, 3.63) is 89.2 Å². The van der Waals surface area contributed by atoms with Crippen LogP contribution >= 0.6 is 0 Å². The largest absolute Gasteiger partial charge is 0.493 e. The second-order valence-corrected chi connectivity index (χ2v) is 8.68. The number of hydrogen-bond acceptors (Lipinski definition) is 7. The molecule has 10 heteroatoms. The molecule has 0 bridgehead atoms. The summed E-state index contributed by atoms with van der Waals surface area (Å²) in [6.45, 7) is 1.85. The van der Waals surface area contributed by atoms with Crippen LogP contribution in [0.2, 0.25) is 0 Å². The molecule has 3 amide bonds. The van der Waals surface area contributed by atoms with E-state index in [1.165, 1.54) is 79.8 Å². The zero-order valence-electron chi connectivity index (χ0n) is 21.7. The summed E-state index contributed by atoms with van der Waals surface area (Å²) < 4.78 is 29.1. The summed E-state index contributed by atoms with van der Waals surface area (Å²) in [4.78, 5) is 54.7. The summed E-state index contributed by atoms with van der Waals surface area (Å²) >= 11 is 0. The first kappa shape index (κ1) is 27.3. The Balaban J connectivity index is 1.67. The molecule has 0 N–H and O–H groups in total. The van der Waals surface area contributed by atoms with Gasteiger partial charge < -0.3 is 19.1 Å². The molecule has 1 atom stereocenters. The first-order chi connectivity index (χ1) is 18.8. The van der Waals surface area contributed by atoms with Gasteiger partial charge in [0.25, 0.3) is 11.8 Å². The SMILES string of the molecule is CCOC(=O)c1ccc(N2C(=O)CC(N(Cc3ccc(F)cc3)C(=O)c3ccc(OC)c(OC)c3)C2=O)cc1. The molecule has 1 aliphatic rings.